The number of carbonyl (C=O) groups excluding carboxylic acids is 2. The number of anilines is 1. The Balaban J connectivity index is 2.26. The highest BCUT2D eigenvalue weighted by Gasteiger charge is 2.12. The van der Waals surface area contributed by atoms with E-state index in [9.17, 15) is 18.0 Å². The number of sulfone groups is 1. The van der Waals surface area contributed by atoms with Crippen LogP contribution in [0.2, 0.25) is 0 Å². The second-order valence-corrected chi connectivity index (χ2v) is 7.71. The number of hydrogen-bond acceptors (Lipinski definition) is 7. The minimum Gasteiger partial charge on any atom is -0.491 e. The minimum absolute atomic E-state index is 0.158. The Bertz CT molecular complexity index is 956. The number of rotatable bonds is 8. The molecule has 2 amide bonds. The predicted octanol–water partition coefficient (Wildman–Crippen LogP) is 1.33. The molecule has 28 heavy (non-hydrogen) atoms. The zero-order valence-electron chi connectivity index (χ0n) is 15.3. The normalized spacial score (nSPS) is 10.9. The second-order valence-electron chi connectivity index (χ2n) is 5.70. The highest BCUT2D eigenvalue weighted by atomic mass is 32.2. The first-order chi connectivity index (χ1) is 13.2. The SMILES string of the molecule is COCCOc1cc(NC(=O)C(N)=O)cc(Oc2ccc(S(C)(=O)=O)cc2)c1. The van der Waals surface area contributed by atoms with E-state index in [0.29, 0.717) is 23.9 Å². The number of amides is 2. The topological polar surface area (TPSA) is 134 Å². The van der Waals surface area contributed by atoms with E-state index >= 15 is 0 Å². The van der Waals surface area contributed by atoms with Crippen LogP contribution in [0.3, 0.4) is 0 Å². The average molecular weight is 408 g/mol. The van der Waals surface area contributed by atoms with Gasteiger partial charge in [-0.15, -0.1) is 0 Å². The molecule has 0 radical (unpaired) electrons. The molecule has 0 saturated heterocycles. The molecule has 10 heteroatoms. The molecule has 2 rings (SSSR count). The van der Waals surface area contributed by atoms with Gasteiger partial charge < -0.3 is 25.3 Å². The average Bonchev–Trinajstić information content (AvgIpc) is 2.61. The molecule has 2 aromatic rings. The van der Waals surface area contributed by atoms with Crippen LogP contribution < -0.4 is 20.5 Å². The molecule has 0 unspecified atom stereocenters. The number of carbonyl (C=O) groups is 2. The molecule has 0 bridgehead atoms. The lowest BCUT2D eigenvalue weighted by Gasteiger charge is -2.12. The van der Waals surface area contributed by atoms with Crippen molar-refractivity contribution in [2.24, 2.45) is 5.73 Å². The third-order valence-electron chi connectivity index (χ3n) is 3.41. The summed E-state index contributed by atoms with van der Waals surface area (Å²) in [7, 11) is -1.79. The summed E-state index contributed by atoms with van der Waals surface area (Å²) in [4.78, 5) is 22.7. The maximum atomic E-state index is 11.5. The molecule has 0 saturated carbocycles. The molecular weight excluding hydrogens is 388 g/mol. The van der Waals surface area contributed by atoms with Crippen LogP contribution in [0, 0.1) is 0 Å². The fourth-order valence-electron chi connectivity index (χ4n) is 2.11. The van der Waals surface area contributed by atoms with Crippen LogP contribution in [0.1, 0.15) is 0 Å². The van der Waals surface area contributed by atoms with Crippen LogP contribution >= 0.6 is 0 Å². The molecule has 0 aliphatic heterocycles. The van der Waals surface area contributed by atoms with Gasteiger partial charge in [0, 0.05) is 37.3 Å². The molecule has 0 aromatic heterocycles. The monoisotopic (exact) mass is 408 g/mol. The molecule has 0 aliphatic rings. The van der Waals surface area contributed by atoms with Crippen molar-refractivity contribution in [3.05, 3.63) is 42.5 Å². The quantitative estimate of drug-likeness (QED) is 0.497. The summed E-state index contributed by atoms with van der Waals surface area (Å²) in [6, 6.07) is 10.4. The first kappa shape index (κ1) is 21.2. The number of nitrogens with two attached hydrogens (primary N) is 1. The van der Waals surface area contributed by atoms with Gasteiger partial charge >= 0.3 is 11.8 Å². The summed E-state index contributed by atoms with van der Waals surface area (Å²) < 4.78 is 39.2. The molecule has 0 spiro atoms. The smallest absolute Gasteiger partial charge is 0.313 e. The maximum absolute atomic E-state index is 11.5. The summed E-state index contributed by atoms with van der Waals surface area (Å²) in [5.74, 6) is -1.10. The number of primary amides is 1. The summed E-state index contributed by atoms with van der Waals surface area (Å²) in [5.41, 5.74) is 5.19. The molecule has 9 nitrogen and oxygen atoms in total. The van der Waals surface area contributed by atoms with Crippen molar-refractivity contribution in [3.8, 4) is 17.2 Å². The molecule has 0 atom stereocenters. The lowest BCUT2D eigenvalue weighted by molar-refractivity contribution is -0.134. The van der Waals surface area contributed by atoms with Gasteiger partial charge in [0.1, 0.15) is 23.9 Å². The minimum atomic E-state index is -3.32. The fourth-order valence-corrected chi connectivity index (χ4v) is 2.74. The fraction of sp³-hybridized carbons (Fsp3) is 0.222. The van der Waals surface area contributed by atoms with Crippen molar-refractivity contribution >= 4 is 27.3 Å². The third kappa shape index (κ3) is 6.25. The highest BCUT2D eigenvalue weighted by molar-refractivity contribution is 7.90. The van der Waals surface area contributed by atoms with Gasteiger partial charge in [-0.05, 0) is 24.3 Å². The molecule has 0 fully saturated rings. The van der Waals surface area contributed by atoms with E-state index < -0.39 is 21.7 Å². The van der Waals surface area contributed by atoms with Gasteiger partial charge in [0.25, 0.3) is 0 Å². The summed E-state index contributed by atoms with van der Waals surface area (Å²) in [6.45, 7) is 0.604. The predicted molar refractivity (Wildman–Crippen MR) is 101 cm³/mol. The largest absolute Gasteiger partial charge is 0.491 e. The molecule has 0 aliphatic carbocycles. The molecule has 0 heterocycles. The Kier molecular flexibility index (Phi) is 6.96. The van der Waals surface area contributed by atoms with E-state index in [1.807, 2.05) is 0 Å². The molecule has 2 aromatic carbocycles. The van der Waals surface area contributed by atoms with E-state index in [-0.39, 0.29) is 17.2 Å². The number of nitrogens with one attached hydrogen (secondary N) is 1. The van der Waals surface area contributed by atoms with Crippen molar-refractivity contribution in [1.29, 1.82) is 0 Å². The van der Waals surface area contributed by atoms with E-state index in [0.717, 1.165) is 6.26 Å². The van der Waals surface area contributed by atoms with Gasteiger partial charge in [0.15, 0.2) is 9.84 Å². The first-order valence-corrected chi connectivity index (χ1v) is 9.94. The van der Waals surface area contributed by atoms with Gasteiger partial charge in [0.05, 0.1) is 11.5 Å². The van der Waals surface area contributed by atoms with Gasteiger partial charge in [-0.25, -0.2) is 8.42 Å². The summed E-state index contributed by atoms with van der Waals surface area (Å²) in [6.07, 6.45) is 1.11. The zero-order chi connectivity index (χ0) is 20.7. The lowest BCUT2D eigenvalue weighted by Crippen LogP contribution is -2.29. The van der Waals surface area contributed by atoms with E-state index in [2.05, 4.69) is 5.32 Å². The lowest BCUT2D eigenvalue weighted by atomic mass is 10.2. The number of methoxy groups -OCH3 is 1. The maximum Gasteiger partial charge on any atom is 0.313 e. The van der Waals surface area contributed by atoms with Crippen LogP contribution in [0.15, 0.2) is 47.4 Å². The summed E-state index contributed by atoms with van der Waals surface area (Å²) >= 11 is 0. The van der Waals surface area contributed by atoms with E-state index in [1.165, 1.54) is 43.5 Å². The van der Waals surface area contributed by atoms with E-state index in [1.54, 1.807) is 6.07 Å². The van der Waals surface area contributed by atoms with Crippen molar-refractivity contribution in [1.82, 2.24) is 0 Å². The van der Waals surface area contributed by atoms with Crippen LogP contribution in [-0.2, 0) is 24.2 Å². The zero-order valence-corrected chi connectivity index (χ0v) is 16.1. The third-order valence-corrected chi connectivity index (χ3v) is 4.53. The number of benzene rings is 2. The van der Waals surface area contributed by atoms with Crippen molar-refractivity contribution in [2.45, 2.75) is 4.90 Å². The van der Waals surface area contributed by atoms with Crippen LogP contribution in [0.25, 0.3) is 0 Å². The first-order valence-electron chi connectivity index (χ1n) is 8.04. The van der Waals surface area contributed by atoms with Crippen molar-refractivity contribution < 1.29 is 32.2 Å². The Morgan fingerprint density at radius 3 is 2.21 bits per heavy atom. The molecule has 150 valence electrons. The van der Waals surface area contributed by atoms with Crippen LogP contribution in [0.4, 0.5) is 5.69 Å². The Morgan fingerprint density at radius 1 is 1.00 bits per heavy atom. The van der Waals surface area contributed by atoms with Gasteiger partial charge in [-0.1, -0.05) is 0 Å². The number of hydrogen-bond donors (Lipinski definition) is 2. The van der Waals surface area contributed by atoms with Gasteiger partial charge in [-0.2, -0.15) is 0 Å². The summed E-state index contributed by atoms with van der Waals surface area (Å²) in [5, 5.41) is 2.34. The van der Waals surface area contributed by atoms with Gasteiger partial charge in [-0.3, -0.25) is 9.59 Å². The van der Waals surface area contributed by atoms with E-state index in [4.69, 9.17) is 19.9 Å². The second kappa shape index (κ2) is 9.20. The Labute approximate surface area is 162 Å². The molecule has 3 N–H and O–H groups in total. The molecular formula is C18H20N2O7S. The Hall–Kier alpha value is -3.11. The highest BCUT2D eigenvalue weighted by Crippen LogP contribution is 2.30. The Morgan fingerprint density at radius 2 is 1.64 bits per heavy atom. The number of ether oxygens (including phenoxy) is 3. The van der Waals surface area contributed by atoms with Crippen LogP contribution in [-0.4, -0.2) is 46.8 Å². The van der Waals surface area contributed by atoms with Crippen LogP contribution in [0.5, 0.6) is 17.2 Å². The van der Waals surface area contributed by atoms with Gasteiger partial charge in [0.2, 0.25) is 0 Å². The van der Waals surface area contributed by atoms with Crippen molar-refractivity contribution in [3.63, 3.8) is 0 Å². The standard InChI is InChI=1S/C18H20N2O7S/c1-25-7-8-26-14-9-12(20-18(22)17(19)21)10-15(11-14)27-13-3-5-16(6-4-13)28(2,23)24/h3-6,9-11H,7-8H2,1-2H3,(H2,19,21)(H,20,22). The van der Waals surface area contributed by atoms with Crippen molar-refractivity contribution in [2.75, 3.05) is 31.9 Å².